The van der Waals surface area contributed by atoms with E-state index in [2.05, 4.69) is 4.72 Å². The molecule has 3 N–H and O–H groups in total. The number of aliphatic hydroxyl groups is 1. The summed E-state index contributed by atoms with van der Waals surface area (Å²) in [5.41, 5.74) is 0. The van der Waals surface area contributed by atoms with Crippen LogP contribution >= 0.6 is 11.3 Å². The number of carboxylic acids is 1. The molecule has 0 aromatic carbocycles. The van der Waals surface area contributed by atoms with Crippen LogP contribution in [-0.2, 0) is 10.0 Å². The molecule has 0 saturated heterocycles. The molecule has 0 aliphatic heterocycles. The second-order valence-electron chi connectivity index (χ2n) is 3.81. The molecule has 0 bridgehead atoms. The van der Waals surface area contributed by atoms with E-state index in [1.807, 2.05) is 0 Å². The quantitative estimate of drug-likeness (QED) is 0.648. The molecule has 0 aliphatic rings. The van der Waals surface area contributed by atoms with Gasteiger partial charge in [-0.15, -0.1) is 11.3 Å². The van der Waals surface area contributed by atoms with Crippen LogP contribution < -0.4 is 4.72 Å². The van der Waals surface area contributed by atoms with Crippen molar-refractivity contribution in [3.05, 3.63) is 17.0 Å². The molecule has 18 heavy (non-hydrogen) atoms. The highest BCUT2D eigenvalue weighted by atomic mass is 32.2. The normalized spacial score (nSPS) is 13.4. The van der Waals surface area contributed by atoms with Crippen molar-refractivity contribution < 1.29 is 23.4 Å². The molecule has 0 radical (unpaired) electrons. The van der Waals surface area contributed by atoms with Gasteiger partial charge in [0.1, 0.15) is 9.09 Å². The van der Waals surface area contributed by atoms with E-state index in [1.54, 1.807) is 6.92 Å². The molecule has 0 spiro atoms. The molecule has 1 aromatic rings. The van der Waals surface area contributed by atoms with Crippen molar-refractivity contribution in [3.63, 3.8) is 0 Å². The summed E-state index contributed by atoms with van der Waals surface area (Å²) in [6.45, 7) is 1.85. The SMILES string of the molecule is CC(O)CCCNS(=O)(=O)c1ccc(C(=O)O)s1. The Labute approximate surface area is 109 Å². The van der Waals surface area contributed by atoms with E-state index in [9.17, 15) is 13.2 Å². The molecule has 1 atom stereocenters. The molecule has 0 amide bonds. The topological polar surface area (TPSA) is 104 Å². The third-order valence-corrected chi connectivity index (χ3v) is 5.17. The highest BCUT2D eigenvalue weighted by molar-refractivity contribution is 7.91. The first-order valence-electron chi connectivity index (χ1n) is 5.34. The van der Waals surface area contributed by atoms with Crippen molar-refractivity contribution >= 4 is 27.3 Å². The van der Waals surface area contributed by atoms with Crippen LogP contribution in [0.3, 0.4) is 0 Å². The summed E-state index contributed by atoms with van der Waals surface area (Å²) >= 11 is 0.713. The van der Waals surface area contributed by atoms with Gasteiger partial charge in [-0.2, -0.15) is 0 Å². The lowest BCUT2D eigenvalue weighted by atomic mass is 10.2. The van der Waals surface area contributed by atoms with Gasteiger partial charge >= 0.3 is 5.97 Å². The fourth-order valence-corrected chi connectivity index (χ4v) is 3.52. The van der Waals surface area contributed by atoms with E-state index < -0.39 is 22.1 Å². The lowest BCUT2D eigenvalue weighted by Crippen LogP contribution is -2.24. The summed E-state index contributed by atoms with van der Waals surface area (Å²) in [6, 6.07) is 2.53. The molecule has 1 rings (SSSR count). The van der Waals surface area contributed by atoms with Crippen LogP contribution in [0, 0.1) is 0 Å². The molecule has 1 aromatic heterocycles. The van der Waals surface area contributed by atoms with E-state index in [0.29, 0.717) is 24.2 Å². The van der Waals surface area contributed by atoms with Crippen molar-refractivity contribution in [3.8, 4) is 0 Å². The molecular formula is C10H15NO5S2. The van der Waals surface area contributed by atoms with Crippen molar-refractivity contribution in [2.24, 2.45) is 0 Å². The Hall–Kier alpha value is -0.960. The van der Waals surface area contributed by atoms with Gasteiger partial charge in [0.2, 0.25) is 10.0 Å². The minimum absolute atomic E-state index is 0.0145. The number of aliphatic hydroxyl groups excluding tert-OH is 1. The summed E-state index contributed by atoms with van der Waals surface area (Å²) < 4.78 is 25.9. The largest absolute Gasteiger partial charge is 0.477 e. The lowest BCUT2D eigenvalue weighted by molar-refractivity contribution is 0.0702. The standard InChI is InChI=1S/C10H15NO5S2/c1-7(12)3-2-6-11-18(15,16)9-5-4-8(17-9)10(13)14/h4-5,7,11-12H,2-3,6H2,1H3,(H,13,14). The molecule has 8 heteroatoms. The van der Waals surface area contributed by atoms with Gasteiger partial charge in [0, 0.05) is 6.54 Å². The smallest absolute Gasteiger partial charge is 0.345 e. The molecule has 1 unspecified atom stereocenters. The Kier molecular flexibility index (Phi) is 5.27. The summed E-state index contributed by atoms with van der Waals surface area (Å²) in [6.07, 6.45) is 0.566. The molecule has 0 saturated carbocycles. The van der Waals surface area contributed by atoms with Crippen molar-refractivity contribution in [1.29, 1.82) is 0 Å². The molecule has 0 aliphatic carbocycles. The van der Waals surface area contributed by atoms with Crippen LogP contribution in [0.5, 0.6) is 0 Å². The number of thiophene rings is 1. The molecule has 102 valence electrons. The van der Waals surface area contributed by atoms with Crippen LogP contribution in [0.1, 0.15) is 29.4 Å². The number of rotatable bonds is 7. The van der Waals surface area contributed by atoms with Crippen molar-refractivity contribution in [2.75, 3.05) is 6.54 Å². The van der Waals surface area contributed by atoms with Gasteiger partial charge in [-0.25, -0.2) is 17.9 Å². The lowest BCUT2D eigenvalue weighted by Gasteiger charge is -2.05. The maximum atomic E-state index is 11.8. The second kappa shape index (κ2) is 6.28. The summed E-state index contributed by atoms with van der Waals surface area (Å²) in [5.74, 6) is -1.14. The van der Waals surface area contributed by atoms with Gasteiger partial charge in [0.25, 0.3) is 0 Å². The zero-order valence-electron chi connectivity index (χ0n) is 9.79. The van der Waals surface area contributed by atoms with Crippen molar-refractivity contribution in [2.45, 2.75) is 30.1 Å². The van der Waals surface area contributed by atoms with Gasteiger partial charge in [-0.05, 0) is 31.9 Å². The third-order valence-electron chi connectivity index (χ3n) is 2.15. The van der Waals surface area contributed by atoms with Gasteiger partial charge in [0.15, 0.2) is 0 Å². The minimum Gasteiger partial charge on any atom is -0.477 e. The average Bonchev–Trinajstić information content (AvgIpc) is 2.74. The van der Waals surface area contributed by atoms with E-state index in [-0.39, 0.29) is 15.6 Å². The Morgan fingerprint density at radius 2 is 2.17 bits per heavy atom. The fraction of sp³-hybridized carbons (Fsp3) is 0.500. The number of aromatic carboxylic acids is 1. The minimum atomic E-state index is -3.65. The molecular weight excluding hydrogens is 278 g/mol. The van der Waals surface area contributed by atoms with Crippen LogP contribution in [0.15, 0.2) is 16.3 Å². The second-order valence-corrected chi connectivity index (χ2v) is 6.89. The maximum absolute atomic E-state index is 11.8. The van der Waals surface area contributed by atoms with Crippen LogP contribution in [-0.4, -0.2) is 37.2 Å². The Morgan fingerprint density at radius 3 is 2.67 bits per heavy atom. The summed E-state index contributed by atoms with van der Waals surface area (Å²) in [5, 5.41) is 17.7. The molecule has 6 nitrogen and oxygen atoms in total. The van der Waals surface area contributed by atoms with E-state index in [1.165, 1.54) is 12.1 Å². The van der Waals surface area contributed by atoms with Crippen LogP contribution in [0.4, 0.5) is 0 Å². The number of hydrogen-bond donors (Lipinski definition) is 3. The Morgan fingerprint density at radius 1 is 1.50 bits per heavy atom. The third kappa shape index (κ3) is 4.37. The first-order valence-corrected chi connectivity index (χ1v) is 7.64. The number of carbonyl (C=O) groups is 1. The zero-order chi connectivity index (χ0) is 13.8. The maximum Gasteiger partial charge on any atom is 0.345 e. The van der Waals surface area contributed by atoms with Gasteiger partial charge in [-0.3, -0.25) is 0 Å². The van der Waals surface area contributed by atoms with E-state index >= 15 is 0 Å². The fourth-order valence-electron chi connectivity index (χ4n) is 1.25. The predicted molar refractivity (Wildman–Crippen MR) is 67.4 cm³/mol. The van der Waals surface area contributed by atoms with E-state index in [0.717, 1.165) is 0 Å². The highest BCUT2D eigenvalue weighted by Crippen LogP contribution is 2.21. The number of carboxylic acid groups (broad SMARTS) is 1. The Balaban J connectivity index is 2.60. The number of nitrogens with one attached hydrogen (secondary N) is 1. The highest BCUT2D eigenvalue weighted by Gasteiger charge is 2.18. The van der Waals surface area contributed by atoms with Gasteiger partial charge in [0.05, 0.1) is 6.10 Å². The average molecular weight is 293 g/mol. The van der Waals surface area contributed by atoms with Crippen LogP contribution in [0.2, 0.25) is 0 Å². The summed E-state index contributed by atoms with van der Waals surface area (Å²) in [7, 11) is -3.65. The predicted octanol–water partition coefficient (Wildman–Crippen LogP) is 0.886. The number of hydrogen-bond acceptors (Lipinski definition) is 5. The summed E-state index contributed by atoms with van der Waals surface area (Å²) in [4.78, 5) is 10.6. The molecule has 0 fully saturated rings. The number of sulfonamides is 1. The Bertz CT molecular complexity index is 506. The van der Waals surface area contributed by atoms with Crippen LogP contribution in [0.25, 0.3) is 0 Å². The first kappa shape index (κ1) is 15.1. The monoisotopic (exact) mass is 293 g/mol. The van der Waals surface area contributed by atoms with Crippen molar-refractivity contribution in [1.82, 2.24) is 4.72 Å². The van der Waals surface area contributed by atoms with E-state index in [4.69, 9.17) is 10.2 Å². The zero-order valence-corrected chi connectivity index (χ0v) is 11.4. The van der Waals surface area contributed by atoms with Gasteiger partial charge in [-0.1, -0.05) is 0 Å². The van der Waals surface area contributed by atoms with Gasteiger partial charge < -0.3 is 10.2 Å². The first-order chi connectivity index (χ1) is 8.33. The molecule has 1 heterocycles.